The fraction of sp³-hybridized carbons (Fsp3) is 0.571. The van der Waals surface area contributed by atoms with Gasteiger partial charge in [0.25, 0.3) is 0 Å². The van der Waals surface area contributed by atoms with Gasteiger partial charge in [0.15, 0.2) is 0 Å². The third-order valence-corrected chi connectivity index (χ3v) is 3.57. The van der Waals surface area contributed by atoms with Crippen molar-refractivity contribution in [2.75, 3.05) is 24.5 Å². The molecule has 0 saturated carbocycles. The summed E-state index contributed by atoms with van der Waals surface area (Å²) in [6.45, 7) is 8.55. The molecule has 2 N–H and O–H groups in total. The van der Waals surface area contributed by atoms with Gasteiger partial charge in [-0.25, -0.2) is 4.98 Å². The quantitative estimate of drug-likeness (QED) is 0.852. The summed E-state index contributed by atoms with van der Waals surface area (Å²) in [5.41, 5.74) is 1.17. The van der Waals surface area contributed by atoms with E-state index in [0.29, 0.717) is 12.6 Å². The summed E-state index contributed by atoms with van der Waals surface area (Å²) >= 11 is 0. The highest BCUT2D eigenvalue weighted by atomic mass is 16.2. The summed E-state index contributed by atoms with van der Waals surface area (Å²) in [5.74, 6) is 0.938. The Hall–Kier alpha value is -1.62. The number of hydrogen-bond acceptors (Lipinski definition) is 4. The van der Waals surface area contributed by atoms with E-state index in [4.69, 9.17) is 0 Å². The van der Waals surface area contributed by atoms with Crippen molar-refractivity contribution in [3.8, 4) is 0 Å². The monoisotopic (exact) mass is 262 g/mol. The lowest BCUT2D eigenvalue weighted by atomic mass is 10.1. The number of pyridine rings is 1. The van der Waals surface area contributed by atoms with Gasteiger partial charge >= 0.3 is 0 Å². The van der Waals surface area contributed by atoms with Crippen LogP contribution in [0.4, 0.5) is 5.82 Å². The molecule has 0 bridgehead atoms. The maximum atomic E-state index is 11.6. The number of aromatic nitrogens is 1. The van der Waals surface area contributed by atoms with Crippen molar-refractivity contribution in [1.29, 1.82) is 0 Å². The zero-order valence-electron chi connectivity index (χ0n) is 11.8. The van der Waals surface area contributed by atoms with E-state index in [0.717, 1.165) is 18.9 Å². The van der Waals surface area contributed by atoms with Crippen LogP contribution in [0.15, 0.2) is 18.3 Å². The number of rotatable bonds is 4. The number of amides is 1. The van der Waals surface area contributed by atoms with Gasteiger partial charge in [-0.2, -0.15) is 0 Å². The first-order valence-corrected chi connectivity index (χ1v) is 6.87. The highest BCUT2D eigenvalue weighted by molar-refractivity contribution is 5.85. The first-order valence-electron chi connectivity index (χ1n) is 6.87. The predicted octanol–water partition coefficient (Wildman–Crippen LogP) is 1.08. The van der Waals surface area contributed by atoms with Crippen LogP contribution < -0.4 is 15.5 Å². The molecule has 1 amide bonds. The molecule has 2 unspecified atom stereocenters. The third-order valence-electron chi connectivity index (χ3n) is 3.57. The van der Waals surface area contributed by atoms with Crippen molar-refractivity contribution in [3.63, 3.8) is 0 Å². The molecule has 2 atom stereocenters. The van der Waals surface area contributed by atoms with Crippen LogP contribution in [0.3, 0.4) is 0 Å². The fourth-order valence-corrected chi connectivity index (χ4v) is 2.34. The van der Waals surface area contributed by atoms with Gasteiger partial charge in [0.2, 0.25) is 5.91 Å². The number of piperazine rings is 1. The molecule has 2 rings (SSSR count). The van der Waals surface area contributed by atoms with E-state index in [-0.39, 0.29) is 11.9 Å². The first kappa shape index (κ1) is 13.8. The Morgan fingerprint density at radius 1 is 1.58 bits per heavy atom. The number of nitrogens with zero attached hydrogens (tertiary/aromatic N) is 2. The van der Waals surface area contributed by atoms with Crippen LogP contribution in [0.5, 0.6) is 0 Å². The molecule has 1 aliphatic rings. The van der Waals surface area contributed by atoms with E-state index >= 15 is 0 Å². The number of carbonyl (C=O) groups excluding carboxylic acids is 1. The number of carbonyl (C=O) groups is 1. The van der Waals surface area contributed by atoms with Gasteiger partial charge in [0.05, 0.1) is 0 Å². The summed E-state index contributed by atoms with van der Waals surface area (Å²) in [6, 6.07) is 4.22. The minimum Gasteiger partial charge on any atom is -0.353 e. The van der Waals surface area contributed by atoms with Crippen LogP contribution in [0.25, 0.3) is 0 Å². The fourth-order valence-electron chi connectivity index (χ4n) is 2.34. The molecule has 0 aliphatic carbocycles. The minimum atomic E-state index is -0.154. The molecule has 1 fully saturated rings. The van der Waals surface area contributed by atoms with Crippen LogP contribution in [0.1, 0.15) is 32.4 Å². The van der Waals surface area contributed by atoms with Crippen molar-refractivity contribution in [1.82, 2.24) is 15.6 Å². The van der Waals surface area contributed by atoms with Gasteiger partial charge < -0.3 is 15.5 Å². The summed E-state index contributed by atoms with van der Waals surface area (Å²) < 4.78 is 0. The molecule has 0 spiro atoms. The SMILES string of the molecule is CCNC(C)c1ccc(N2CCNC(=O)C2C)nc1. The van der Waals surface area contributed by atoms with Crippen molar-refractivity contribution in [2.24, 2.45) is 0 Å². The molecule has 5 nitrogen and oxygen atoms in total. The molecule has 1 aliphatic heterocycles. The Morgan fingerprint density at radius 2 is 2.37 bits per heavy atom. The number of hydrogen-bond donors (Lipinski definition) is 2. The molecule has 2 heterocycles. The van der Waals surface area contributed by atoms with E-state index < -0.39 is 0 Å². The van der Waals surface area contributed by atoms with Gasteiger partial charge in [0.1, 0.15) is 11.9 Å². The Kier molecular flexibility index (Phi) is 4.37. The van der Waals surface area contributed by atoms with Crippen molar-refractivity contribution in [3.05, 3.63) is 23.9 Å². The van der Waals surface area contributed by atoms with Gasteiger partial charge in [-0.15, -0.1) is 0 Å². The average Bonchev–Trinajstić information content (AvgIpc) is 2.42. The Balaban J connectivity index is 2.11. The lowest BCUT2D eigenvalue weighted by Crippen LogP contribution is -2.54. The molecular weight excluding hydrogens is 240 g/mol. The Bertz CT molecular complexity index is 432. The predicted molar refractivity (Wildman–Crippen MR) is 76.1 cm³/mol. The molecule has 0 aromatic carbocycles. The molecule has 1 aromatic heterocycles. The van der Waals surface area contributed by atoms with E-state index in [2.05, 4.69) is 35.5 Å². The zero-order valence-corrected chi connectivity index (χ0v) is 11.8. The van der Waals surface area contributed by atoms with Crippen molar-refractivity contribution >= 4 is 11.7 Å². The second-order valence-corrected chi connectivity index (χ2v) is 4.89. The van der Waals surface area contributed by atoms with Crippen molar-refractivity contribution in [2.45, 2.75) is 32.9 Å². The maximum absolute atomic E-state index is 11.6. The standard InChI is InChI=1S/C14H22N4O/c1-4-15-10(2)12-5-6-13(17-9-12)18-8-7-16-14(19)11(18)3/h5-6,9-11,15H,4,7-8H2,1-3H3,(H,16,19). The number of nitrogens with one attached hydrogen (secondary N) is 2. The Labute approximate surface area is 114 Å². The molecule has 19 heavy (non-hydrogen) atoms. The molecule has 5 heteroatoms. The zero-order chi connectivity index (χ0) is 13.8. The molecule has 1 aromatic rings. The van der Waals surface area contributed by atoms with Crippen LogP contribution >= 0.6 is 0 Å². The van der Waals surface area contributed by atoms with Crippen LogP contribution in [0.2, 0.25) is 0 Å². The summed E-state index contributed by atoms with van der Waals surface area (Å²) in [7, 11) is 0. The van der Waals surface area contributed by atoms with Gasteiger partial charge in [-0.3, -0.25) is 4.79 Å². The van der Waals surface area contributed by atoms with E-state index in [1.54, 1.807) is 0 Å². The minimum absolute atomic E-state index is 0.0677. The first-order chi connectivity index (χ1) is 9.13. The van der Waals surface area contributed by atoms with E-state index in [1.165, 1.54) is 5.56 Å². The van der Waals surface area contributed by atoms with E-state index in [1.807, 2.05) is 24.1 Å². The topological polar surface area (TPSA) is 57.3 Å². The van der Waals surface area contributed by atoms with Gasteiger partial charge in [0, 0.05) is 25.3 Å². The summed E-state index contributed by atoms with van der Waals surface area (Å²) in [5, 5.41) is 6.22. The smallest absolute Gasteiger partial charge is 0.242 e. The summed E-state index contributed by atoms with van der Waals surface area (Å²) in [6.07, 6.45) is 1.89. The lowest BCUT2D eigenvalue weighted by molar-refractivity contribution is -0.122. The maximum Gasteiger partial charge on any atom is 0.242 e. The van der Waals surface area contributed by atoms with Crippen LogP contribution in [-0.4, -0.2) is 36.6 Å². The molecule has 0 radical (unpaired) electrons. The molecule has 104 valence electrons. The third kappa shape index (κ3) is 3.04. The largest absolute Gasteiger partial charge is 0.353 e. The van der Waals surface area contributed by atoms with Crippen molar-refractivity contribution < 1.29 is 4.79 Å². The highest BCUT2D eigenvalue weighted by Gasteiger charge is 2.26. The second-order valence-electron chi connectivity index (χ2n) is 4.89. The molecule has 1 saturated heterocycles. The number of anilines is 1. The highest BCUT2D eigenvalue weighted by Crippen LogP contribution is 2.19. The average molecular weight is 262 g/mol. The second kappa shape index (κ2) is 6.02. The summed E-state index contributed by atoms with van der Waals surface area (Å²) in [4.78, 5) is 18.2. The van der Waals surface area contributed by atoms with Crippen LogP contribution in [0, 0.1) is 0 Å². The Morgan fingerprint density at radius 3 is 3.00 bits per heavy atom. The van der Waals surface area contributed by atoms with Gasteiger partial charge in [-0.1, -0.05) is 13.0 Å². The molecular formula is C14H22N4O. The normalized spacial score (nSPS) is 21.1. The van der Waals surface area contributed by atoms with Crippen LogP contribution in [-0.2, 0) is 4.79 Å². The van der Waals surface area contributed by atoms with Gasteiger partial charge in [-0.05, 0) is 32.0 Å². The van der Waals surface area contributed by atoms with E-state index in [9.17, 15) is 4.79 Å². The lowest BCUT2D eigenvalue weighted by Gasteiger charge is -2.33.